The third-order valence-electron chi connectivity index (χ3n) is 2.15. The zero-order valence-electron chi connectivity index (χ0n) is 8.92. The number of ether oxygens (including phenoxy) is 1. The Kier molecular flexibility index (Phi) is 4.12. The molecule has 0 saturated heterocycles. The molecule has 8 heteroatoms. The number of aliphatic hydroxyl groups is 1. The van der Waals surface area contributed by atoms with Gasteiger partial charge in [-0.2, -0.15) is 0 Å². The zero-order valence-corrected chi connectivity index (χ0v) is 8.92. The molecule has 1 aromatic rings. The van der Waals surface area contributed by atoms with Crippen LogP contribution < -0.4 is 10.5 Å². The number of benzene rings is 1. The monoisotopic (exact) mass is 271 g/mol. The second-order valence-electron chi connectivity index (χ2n) is 3.48. The summed E-state index contributed by atoms with van der Waals surface area (Å²) in [5.74, 6) is -4.56. The lowest BCUT2D eigenvalue weighted by atomic mass is 10.0. The molecule has 0 spiro atoms. The summed E-state index contributed by atoms with van der Waals surface area (Å²) in [6.07, 6.45) is -5.01. The first-order chi connectivity index (χ1) is 8.17. The van der Waals surface area contributed by atoms with Crippen molar-refractivity contribution in [2.75, 3.05) is 6.61 Å². The van der Waals surface area contributed by atoms with Crippen LogP contribution in [0.15, 0.2) is 24.3 Å². The van der Waals surface area contributed by atoms with Crippen LogP contribution in [0.25, 0.3) is 0 Å². The van der Waals surface area contributed by atoms with Crippen molar-refractivity contribution in [1.82, 2.24) is 0 Å². The van der Waals surface area contributed by atoms with Crippen LogP contribution in [-0.2, 0) is 0 Å². The summed E-state index contributed by atoms with van der Waals surface area (Å²) < 4.78 is 66.1. The molecule has 3 N–H and O–H groups in total. The summed E-state index contributed by atoms with van der Waals surface area (Å²) in [4.78, 5) is 0. The standard InChI is InChI=1S/C10H10F5NO2/c11-9(12,5-17)8(16)6-3-1-2-4-7(6)18-10(13,14)15/h1-4,8,17H,5,16H2/t8-/m0/s1. The lowest BCUT2D eigenvalue weighted by Crippen LogP contribution is -2.36. The number of aliphatic hydroxyl groups excluding tert-OH is 1. The molecule has 0 bridgehead atoms. The molecule has 0 heterocycles. The first-order valence-electron chi connectivity index (χ1n) is 4.76. The Morgan fingerprint density at radius 3 is 2.22 bits per heavy atom. The summed E-state index contributed by atoms with van der Waals surface area (Å²) in [5.41, 5.74) is 4.61. The molecule has 0 aliphatic rings. The molecule has 3 nitrogen and oxygen atoms in total. The van der Waals surface area contributed by atoms with Gasteiger partial charge >= 0.3 is 6.36 Å². The van der Waals surface area contributed by atoms with Crippen LogP contribution in [0.3, 0.4) is 0 Å². The number of para-hydroxylation sites is 1. The molecule has 0 radical (unpaired) electrons. The molecule has 0 aliphatic carbocycles. The second-order valence-corrected chi connectivity index (χ2v) is 3.48. The fraction of sp³-hybridized carbons (Fsp3) is 0.400. The highest BCUT2D eigenvalue weighted by atomic mass is 19.4. The van der Waals surface area contributed by atoms with E-state index in [-0.39, 0.29) is 0 Å². The third-order valence-corrected chi connectivity index (χ3v) is 2.15. The Balaban J connectivity index is 3.09. The van der Waals surface area contributed by atoms with Crippen molar-refractivity contribution in [3.05, 3.63) is 29.8 Å². The summed E-state index contributed by atoms with van der Waals surface area (Å²) in [7, 11) is 0. The second kappa shape index (κ2) is 5.07. The van der Waals surface area contributed by atoms with Crippen LogP contribution in [-0.4, -0.2) is 24.0 Å². The van der Waals surface area contributed by atoms with E-state index in [0.29, 0.717) is 0 Å². The van der Waals surface area contributed by atoms with Gasteiger partial charge in [-0.05, 0) is 6.07 Å². The van der Waals surface area contributed by atoms with Crippen molar-refractivity contribution in [3.63, 3.8) is 0 Å². The van der Waals surface area contributed by atoms with Crippen LogP contribution >= 0.6 is 0 Å². The van der Waals surface area contributed by atoms with E-state index < -0.39 is 36.2 Å². The van der Waals surface area contributed by atoms with Crippen LogP contribution in [0.2, 0.25) is 0 Å². The molecule has 18 heavy (non-hydrogen) atoms. The van der Waals surface area contributed by atoms with Crippen molar-refractivity contribution in [1.29, 1.82) is 0 Å². The first-order valence-corrected chi connectivity index (χ1v) is 4.76. The van der Waals surface area contributed by atoms with Crippen molar-refractivity contribution in [3.8, 4) is 5.75 Å². The average Bonchev–Trinajstić information content (AvgIpc) is 2.26. The Labute approximate surface area is 99.0 Å². The molecule has 102 valence electrons. The van der Waals surface area contributed by atoms with Crippen molar-refractivity contribution in [2.24, 2.45) is 5.73 Å². The van der Waals surface area contributed by atoms with Crippen LogP contribution in [0.1, 0.15) is 11.6 Å². The van der Waals surface area contributed by atoms with Crippen LogP contribution in [0.4, 0.5) is 22.0 Å². The maximum atomic E-state index is 13.1. The minimum Gasteiger partial charge on any atom is -0.405 e. The van der Waals surface area contributed by atoms with E-state index in [4.69, 9.17) is 10.8 Å². The first kappa shape index (κ1) is 14.7. The van der Waals surface area contributed by atoms with E-state index in [9.17, 15) is 22.0 Å². The highest BCUT2D eigenvalue weighted by molar-refractivity contribution is 5.37. The molecule has 1 atom stereocenters. The minimum absolute atomic E-state index is 0.533. The minimum atomic E-state index is -5.01. The molecule has 0 aliphatic heterocycles. The molecule has 0 fully saturated rings. The van der Waals surface area contributed by atoms with E-state index in [1.165, 1.54) is 12.1 Å². The van der Waals surface area contributed by atoms with Gasteiger partial charge in [-0.3, -0.25) is 0 Å². The normalized spacial score (nSPS) is 14.4. The number of hydrogen-bond donors (Lipinski definition) is 2. The molecule has 0 saturated carbocycles. The van der Waals surface area contributed by atoms with E-state index in [1.54, 1.807) is 0 Å². The van der Waals surface area contributed by atoms with Gasteiger partial charge in [0.25, 0.3) is 5.92 Å². The van der Waals surface area contributed by atoms with Gasteiger partial charge in [0.15, 0.2) is 0 Å². The van der Waals surface area contributed by atoms with Crippen molar-refractivity contribution >= 4 is 0 Å². The number of nitrogens with two attached hydrogens (primary N) is 1. The maximum absolute atomic E-state index is 13.1. The summed E-state index contributed by atoms with van der Waals surface area (Å²) in [5, 5.41) is 8.46. The van der Waals surface area contributed by atoms with Crippen LogP contribution in [0.5, 0.6) is 5.75 Å². The largest absolute Gasteiger partial charge is 0.573 e. The smallest absolute Gasteiger partial charge is 0.405 e. The average molecular weight is 271 g/mol. The molecular weight excluding hydrogens is 261 g/mol. The SMILES string of the molecule is N[C@@H](c1ccccc1OC(F)(F)F)C(F)(F)CO. The Morgan fingerprint density at radius 1 is 1.17 bits per heavy atom. The predicted octanol–water partition coefficient (Wildman–Crippen LogP) is 2.21. The van der Waals surface area contributed by atoms with E-state index in [0.717, 1.165) is 12.1 Å². The van der Waals surface area contributed by atoms with Crippen LogP contribution in [0, 0.1) is 0 Å². The quantitative estimate of drug-likeness (QED) is 0.825. The highest BCUT2D eigenvalue weighted by Crippen LogP contribution is 2.36. The predicted molar refractivity (Wildman–Crippen MR) is 52.1 cm³/mol. The van der Waals surface area contributed by atoms with Gasteiger partial charge in [0, 0.05) is 5.56 Å². The van der Waals surface area contributed by atoms with E-state index in [1.807, 2.05) is 0 Å². The van der Waals surface area contributed by atoms with E-state index in [2.05, 4.69) is 4.74 Å². The highest BCUT2D eigenvalue weighted by Gasteiger charge is 2.40. The van der Waals surface area contributed by atoms with Gasteiger partial charge < -0.3 is 15.6 Å². The van der Waals surface area contributed by atoms with Crippen molar-refractivity contribution < 1.29 is 31.8 Å². The Morgan fingerprint density at radius 2 is 1.72 bits per heavy atom. The summed E-state index contributed by atoms with van der Waals surface area (Å²) >= 11 is 0. The summed E-state index contributed by atoms with van der Waals surface area (Å²) in [6, 6.07) is 2.19. The summed E-state index contributed by atoms with van der Waals surface area (Å²) in [6.45, 7) is -1.57. The van der Waals surface area contributed by atoms with E-state index >= 15 is 0 Å². The molecule has 1 rings (SSSR count). The van der Waals surface area contributed by atoms with Gasteiger partial charge in [0.05, 0.1) is 0 Å². The zero-order chi connectivity index (χ0) is 14.0. The number of alkyl halides is 5. The fourth-order valence-electron chi connectivity index (χ4n) is 1.28. The van der Waals surface area contributed by atoms with Gasteiger partial charge in [-0.1, -0.05) is 18.2 Å². The Bertz CT molecular complexity index is 407. The lowest BCUT2D eigenvalue weighted by Gasteiger charge is -2.24. The number of rotatable bonds is 4. The van der Waals surface area contributed by atoms with Crippen molar-refractivity contribution in [2.45, 2.75) is 18.3 Å². The lowest BCUT2D eigenvalue weighted by molar-refractivity contribution is -0.275. The molecule has 0 aromatic heterocycles. The molecular formula is C10H10F5NO2. The molecule has 0 unspecified atom stereocenters. The molecule has 1 aromatic carbocycles. The van der Waals surface area contributed by atoms with Gasteiger partial charge in [0.1, 0.15) is 18.4 Å². The third kappa shape index (κ3) is 3.54. The topological polar surface area (TPSA) is 55.5 Å². The number of hydrogen-bond acceptors (Lipinski definition) is 3. The van der Waals surface area contributed by atoms with Gasteiger partial charge in [-0.25, -0.2) is 8.78 Å². The number of halogens is 5. The molecule has 0 amide bonds. The Hall–Kier alpha value is -1.41. The van der Waals surface area contributed by atoms with Gasteiger partial charge in [0.2, 0.25) is 0 Å². The fourth-order valence-corrected chi connectivity index (χ4v) is 1.28. The van der Waals surface area contributed by atoms with Gasteiger partial charge in [-0.15, -0.1) is 13.2 Å². The maximum Gasteiger partial charge on any atom is 0.573 e.